The van der Waals surface area contributed by atoms with Crippen molar-refractivity contribution >= 4 is 27.3 Å². The number of H-pyrrole nitrogens is 1. The largest absolute Gasteiger partial charge is 0.332 e. The average Bonchev–Trinajstić information content (AvgIpc) is 2.77. The van der Waals surface area contributed by atoms with E-state index in [1.165, 1.54) is 12.3 Å². The quantitative estimate of drug-likeness (QED) is 0.906. The third-order valence-electron chi connectivity index (χ3n) is 2.31. The van der Waals surface area contributed by atoms with Gasteiger partial charge in [-0.05, 0) is 18.2 Å². The molecule has 1 heterocycles. The van der Waals surface area contributed by atoms with Crippen molar-refractivity contribution in [3.05, 3.63) is 41.3 Å². The van der Waals surface area contributed by atoms with Gasteiger partial charge in [0.2, 0.25) is 0 Å². The summed E-state index contributed by atoms with van der Waals surface area (Å²) in [6, 6.07) is 6.51. The fraction of sp³-hybridized carbons (Fsp3) is 0.182. The Bertz CT molecular complexity index is 652. The van der Waals surface area contributed by atoms with E-state index in [0.717, 1.165) is 0 Å². The van der Waals surface area contributed by atoms with Crippen LogP contribution in [0.15, 0.2) is 35.5 Å². The zero-order chi connectivity index (χ0) is 13.2. The van der Waals surface area contributed by atoms with Crippen LogP contribution in [0.25, 0.3) is 0 Å². The van der Waals surface area contributed by atoms with E-state index in [1.54, 1.807) is 18.2 Å². The fourth-order valence-electron chi connectivity index (χ4n) is 1.42. The summed E-state index contributed by atoms with van der Waals surface area (Å²) in [6.07, 6.45) is 1.94. The van der Waals surface area contributed by atoms with Crippen LogP contribution in [0.3, 0.4) is 0 Å². The summed E-state index contributed by atoms with van der Waals surface area (Å²) in [6.45, 7) is 1.89. The van der Waals surface area contributed by atoms with Crippen LogP contribution in [0.1, 0.15) is 12.7 Å². The van der Waals surface area contributed by atoms with E-state index >= 15 is 0 Å². The molecule has 2 N–H and O–H groups in total. The van der Waals surface area contributed by atoms with Crippen LogP contribution in [0, 0.1) is 0 Å². The minimum Gasteiger partial charge on any atom is -0.332 e. The van der Waals surface area contributed by atoms with Crippen molar-refractivity contribution in [3.8, 4) is 0 Å². The Balaban J connectivity index is 2.27. The highest BCUT2D eigenvalue weighted by atomic mass is 35.5. The number of halogens is 1. The first-order valence-electron chi connectivity index (χ1n) is 5.33. The number of sulfonamides is 1. The summed E-state index contributed by atoms with van der Waals surface area (Å²) in [5.74, 6) is 0.626. The van der Waals surface area contributed by atoms with Crippen molar-refractivity contribution in [1.29, 1.82) is 0 Å². The van der Waals surface area contributed by atoms with E-state index in [4.69, 9.17) is 11.6 Å². The number of hydrogen-bond donors (Lipinski definition) is 2. The number of rotatable bonds is 4. The van der Waals surface area contributed by atoms with E-state index in [-0.39, 0.29) is 5.03 Å². The molecule has 18 heavy (non-hydrogen) atoms. The van der Waals surface area contributed by atoms with Crippen LogP contribution in [0.4, 0.5) is 5.69 Å². The molecule has 0 aliphatic carbocycles. The lowest BCUT2D eigenvalue weighted by molar-refractivity contribution is 0.598. The number of hydrogen-bond acceptors (Lipinski definition) is 3. The van der Waals surface area contributed by atoms with E-state index in [0.29, 0.717) is 23.0 Å². The number of aryl methyl sites for hydroxylation is 1. The molecule has 0 spiro atoms. The molecule has 5 nitrogen and oxygen atoms in total. The number of aromatic amines is 1. The van der Waals surface area contributed by atoms with Gasteiger partial charge in [-0.2, -0.15) is 8.42 Å². The molecule has 0 bridgehead atoms. The van der Waals surface area contributed by atoms with Crippen molar-refractivity contribution in [2.24, 2.45) is 0 Å². The molecule has 2 aromatic rings. The molecule has 0 aliphatic rings. The smallest absolute Gasteiger partial charge is 0.278 e. The normalized spacial score (nSPS) is 11.4. The highest BCUT2D eigenvalue weighted by molar-refractivity contribution is 7.92. The van der Waals surface area contributed by atoms with Gasteiger partial charge >= 0.3 is 0 Å². The summed E-state index contributed by atoms with van der Waals surface area (Å²) >= 11 is 5.79. The summed E-state index contributed by atoms with van der Waals surface area (Å²) in [4.78, 5) is 6.70. The van der Waals surface area contributed by atoms with Gasteiger partial charge in [-0.3, -0.25) is 4.72 Å². The molecule has 0 amide bonds. The molecule has 1 aromatic carbocycles. The molecule has 1 aromatic heterocycles. The fourth-order valence-corrected chi connectivity index (χ4v) is 2.60. The van der Waals surface area contributed by atoms with Crippen LogP contribution >= 0.6 is 11.6 Å². The summed E-state index contributed by atoms with van der Waals surface area (Å²) < 4.78 is 26.5. The van der Waals surface area contributed by atoms with E-state index in [1.807, 2.05) is 6.92 Å². The first kappa shape index (κ1) is 12.9. The molecular weight excluding hydrogens is 274 g/mol. The van der Waals surface area contributed by atoms with Crippen LogP contribution in [0.2, 0.25) is 5.02 Å². The molecule has 0 aliphatic heterocycles. The van der Waals surface area contributed by atoms with Gasteiger partial charge in [-0.25, -0.2) is 4.98 Å². The predicted molar refractivity (Wildman–Crippen MR) is 70.2 cm³/mol. The lowest BCUT2D eigenvalue weighted by Crippen LogP contribution is -2.13. The second-order valence-corrected chi connectivity index (χ2v) is 5.75. The van der Waals surface area contributed by atoms with E-state index in [9.17, 15) is 8.42 Å². The second kappa shape index (κ2) is 4.99. The lowest BCUT2D eigenvalue weighted by atomic mass is 10.3. The van der Waals surface area contributed by atoms with Crippen LogP contribution < -0.4 is 4.72 Å². The summed E-state index contributed by atoms with van der Waals surface area (Å²) in [5, 5.41) is 0.508. The monoisotopic (exact) mass is 285 g/mol. The topological polar surface area (TPSA) is 74.8 Å². The SMILES string of the molecule is CCc1ncc(S(=O)(=O)Nc2cccc(Cl)c2)[nH]1. The highest BCUT2D eigenvalue weighted by Crippen LogP contribution is 2.18. The maximum absolute atomic E-state index is 12.0. The van der Waals surface area contributed by atoms with Gasteiger partial charge in [0, 0.05) is 11.4 Å². The van der Waals surface area contributed by atoms with Gasteiger partial charge in [0.15, 0.2) is 5.03 Å². The standard InChI is InChI=1S/C11H12ClN3O2S/c1-2-10-13-7-11(14-10)18(16,17)15-9-5-3-4-8(12)6-9/h3-7,15H,2H2,1H3,(H,13,14). The highest BCUT2D eigenvalue weighted by Gasteiger charge is 2.17. The van der Waals surface area contributed by atoms with Gasteiger partial charge < -0.3 is 4.98 Å². The molecule has 0 unspecified atom stereocenters. The van der Waals surface area contributed by atoms with Crippen molar-refractivity contribution in [3.63, 3.8) is 0 Å². The molecule has 0 radical (unpaired) electrons. The van der Waals surface area contributed by atoms with Crippen LogP contribution in [-0.2, 0) is 16.4 Å². The Labute approximate surface area is 110 Å². The summed E-state index contributed by atoms with van der Waals surface area (Å²) in [7, 11) is -3.65. The Kier molecular flexibility index (Phi) is 3.58. The van der Waals surface area contributed by atoms with Gasteiger partial charge in [-0.1, -0.05) is 24.6 Å². The number of benzene rings is 1. The van der Waals surface area contributed by atoms with Crippen molar-refractivity contribution in [2.45, 2.75) is 18.4 Å². The van der Waals surface area contributed by atoms with Gasteiger partial charge in [0.1, 0.15) is 5.82 Å². The molecule has 0 atom stereocenters. The maximum Gasteiger partial charge on any atom is 0.278 e. The van der Waals surface area contributed by atoms with E-state index < -0.39 is 10.0 Å². The molecule has 0 saturated carbocycles. The zero-order valence-electron chi connectivity index (χ0n) is 9.64. The second-order valence-electron chi connectivity index (χ2n) is 3.66. The summed E-state index contributed by atoms with van der Waals surface area (Å²) in [5.41, 5.74) is 0.412. The zero-order valence-corrected chi connectivity index (χ0v) is 11.2. The Morgan fingerprint density at radius 3 is 2.83 bits per heavy atom. The van der Waals surface area contributed by atoms with Gasteiger partial charge in [0.05, 0.1) is 11.9 Å². The van der Waals surface area contributed by atoms with Gasteiger partial charge in [-0.15, -0.1) is 0 Å². The molecular formula is C11H12ClN3O2S. The lowest BCUT2D eigenvalue weighted by Gasteiger charge is -2.06. The predicted octanol–water partition coefficient (Wildman–Crippen LogP) is 2.43. The number of anilines is 1. The third kappa shape index (κ3) is 2.83. The van der Waals surface area contributed by atoms with Gasteiger partial charge in [0.25, 0.3) is 10.0 Å². The Morgan fingerprint density at radius 2 is 2.22 bits per heavy atom. The van der Waals surface area contributed by atoms with Crippen molar-refractivity contribution < 1.29 is 8.42 Å². The minimum atomic E-state index is -3.65. The molecule has 2 rings (SSSR count). The third-order valence-corrected chi connectivity index (χ3v) is 3.83. The number of aromatic nitrogens is 2. The Hall–Kier alpha value is -1.53. The number of imidazole rings is 1. The van der Waals surface area contributed by atoms with Crippen LogP contribution in [-0.4, -0.2) is 18.4 Å². The van der Waals surface area contributed by atoms with E-state index in [2.05, 4.69) is 14.7 Å². The van der Waals surface area contributed by atoms with Crippen molar-refractivity contribution in [1.82, 2.24) is 9.97 Å². The average molecular weight is 286 g/mol. The molecule has 96 valence electrons. The molecule has 0 fully saturated rings. The maximum atomic E-state index is 12.0. The van der Waals surface area contributed by atoms with Crippen molar-refractivity contribution in [2.75, 3.05) is 4.72 Å². The molecule has 7 heteroatoms. The Morgan fingerprint density at radius 1 is 1.44 bits per heavy atom. The van der Waals surface area contributed by atoms with Crippen LogP contribution in [0.5, 0.6) is 0 Å². The first-order chi connectivity index (χ1) is 8.51. The number of nitrogens with one attached hydrogen (secondary N) is 2. The first-order valence-corrected chi connectivity index (χ1v) is 7.19. The minimum absolute atomic E-state index is 0.0410. The molecule has 0 saturated heterocycles. The number of nitrogens with zero attached hydrogens (tertiary/aromatic N) is 1.